The summed E-state index contributed by atoms with van der Waals surface area (Å²) in [7, 11) is -3.90. The zero-order chi connectivity index (χ0) is 16.5. The summed E-state index contributed by atoms with van der Waals surface area (Å²) in [5.41, 5.74) is 1.42. The van der Waals surface area contributed by atoms with Crippen molar-refractivity contribution in [1.29, 1.82) is 0 Å². The number of hydrogen-bond acceptors (Lipinski definition) is 3. The van der Waals surface area contributed by atoms with Crippen LogP contribution >= 0.6 is 11.6 Å². The van der Waals surface area contributed by atoms with Gasteiger partial charge >= 0.3 is 5.97 Å². The molecule has 0 aliphatic rings. The zero-order valence-electron chi connectivity index (χ0n) is 11.9. The van der Waals surface area contributed by atoms with Gasteiger partial charge in [-0.1, -0.05) is 23.7 Å². The molecule has 2 rings (SSSR count). The van der Waals surface area contributed by atoms with E-state index in [4.69, 9.17) is 16.7 Å². The van der Waals surface area contributed by atoms with Crippen molar-refractivity contribution in [1.82, 2.24) is 0 Å². The average molecular weight is 340 g/mol. The van der Waals surface area contributed by atoms with Crippen molar-refractivity contribution >= 4 is 33.3 Å². The van der Waals surface area contributed by atoms with Gasteiger partial charge in [0.1, 0.15) is 4.90 Å². The number of carboxylic acid groups (broad SMARTS) is 1. The number of carbonyl (C=O) groups is 1. The SMILES string of the molecule is Cc1ccc(S(=O)(=O)Nc2cccc(C(=O)O)c2C)c(Cl)c1. The van der Waals surface area contributed by atoms with Gasteiger partial charge in [0.05, 0.1) is 16.3 Å². The Morgan fingerprint density at radius 1 is 1.18 bits per heavy atom. The second-order valence-electron chi connectivity index (χ2n) is 4.82. The Morgan fingerprint density at radius 2 is 1.86 bits per heavy atom. The first-order valence-electron chi connectivity index (χ1n) is 6.34. The fourth-order valence-electron chi connectivity index (χ4n) is 2.00. The number of rotatable bonds is 4. The first-order chi connectivity index (χ1) is 10.2. The van der Waals surface area contributed by atoms with Crippen molar-refractivity contribution in [3.05, 3.63) is 58.1 Å². The Kier molecular flexibility index (Phi) is 4.44. The molecule has 0 amide bonds. The Labute approximate surface area is 133 Å². The first-order valence-corrected chi connectivity index (χ1v) is 8.20. The Morgan fingerprint density at radius 3 is 2.45 bits per heavy atom. The van der Waals surface area contributed by atoms with E-state index in [1.807, 2.05) is 0 Å². The number of hydrogen-bond donors (Lipinski definition) is 2. The van der Waals surface area contributed by atoms with E-state index in [0.29, 0.717) is 5.56 Å². The molecule has 2 aromatic carbocycles. The van der Waals surface area contributed by atoms with E-state index in [1.54, 1.807) is 19.1 Å². The van der Waals surface area contributed by atoms with Crippen LogP contribution in [-0.4, -0.2) is 19.5 Å². The van der Waals surface area contributed by atoms with Crippen LogP contribution in [-0.2, 0) is 10.0 Å². The summed E-state index contributed by atoms with van der Waals surface area (Å²) in [6.07, 6.45) is 0. The van der Waals surface area contributed by atoms with E-state index in [0.717, 1.165) is 5.56 Å². The van der Waals surface area contributed by atoms with Crippen molar-refractivity contribution < 1.29 is 18.3 Å². The summed E-state index contributed by atoms with van der Waals surface area (Å²) in [4.78, 5) is 11.0. The number of carboxylic acids is 1. The average Bonchev–Trinajstić information content (AvgIpc) is 2.40. The molecule has 5 nitrogen and oxygen atoms in total. The highest BCUT2D eigenvalue weighted by atomic mass is 35.5. The van der Waals surface area contributed by atoms with Crippen molar-refractivity contribution in [3.8, 4) is 0 Å². The highest BCUT2D eigenvalue weighted by Gasteiger charge is 2.20. The smallest absolute Gasteiger partial charge is 0.336 e. The molecule has 2 N–H and O–H groups in total. The maximum absolute atomic E-state index is 12.4. The molecule has 22 heavy (non-hydrogen) atoms. The summed E-state index contributed by atoms with van der Waals surface area (Å²) in [6, 6.07) is 8.99. The molecule has 116 valence electrons. The lowest BCUT2D eigenvalue weighted by atomic mass is 10.1. The van der Waals surface area contributed by atoms with E-state index in [9.17, 15) is 13.2 Å². The summed E-state index contributed by atoms with van der Waals surface area (Å²) in [5.74, 6) is -1.12. The quantitative estimate of drug-likeness (QED) is 0.893. The predicted molar refractivity (Wildman–Crippen MR) is 85.1 cm³/mol. The molecule has 0 aliphatic heterocycles. The highest BCUT2D eigenvalue weighted by Crippen LogP contribution is 2.27. The Hall–Kier alpha value is -2.05. The van der Waals surface area contributed by atoms with Gasteiger partial charge in [-0.2, -0.15) is 0 Å². The lowest BCUT2D eigenvalue weighted by molar-refractivity contribution is 0.0696. The minimum absolute atomic E-state index is 0.0372. The molecule has 0 aromatic heterocycles. The van der Waals surface area contributed by atoms with Crippen LogP contribution in [0.5, 0.6) is 0 Å². The lowest BCUT2D eigenvalue weighted by Gasteiger charge is -2.13. The summed E-state index contributed by atoms with van der Waals surface area (Å²) in [6.45, 7) is 3.34. The third kappa shape index (κ3) is 3.23. The number of anilines is 1. The van der Waals surface area contributed by atoms with Gasteiger partial charge in [-0.05, 0) is 49.2 Å². The molecule has 0 bridgehead atoms. The largest absolute Gasteiger partial charge is 0.478 e. The summed E-state index contributed by atoms with van der Waals surface area (Å²) < 4.78 is 27.2. The molecule has 0 aliphatic carbocycles. The van der Waals surface area contributed by atoms with E-state index in [2.05, 4.69) is 4.72 Å². The zero-order valence-corrected chi connectivity index (χ0v) is 13.5. The van der Waals surface area contributed by atoms with Gasteiger partial charge in [0, 0.05) is 0 Å². The van der Waals surface area contributed by atoms with Gasteiger partial charge in [0.25, 0.3) is 10.0 Å². The van der Waals surface area contributed by atoms with Gasteiger partial charge < -0.3 is 5.11 Å². The number of benzene rings is 2. The molecule has 0 spiro atoms. The van der Waals surface area contributed by atoms with E-state index >= 15 is 0 Å². The summed E-state index contributed by atoms with van der Waals surface area (Å²) in [5, 5.41) is 9.19. The minimum atomic E-state index is -3.90. The van der Waals surface area contributed by atoms with Crippen LogP contribution in [0.3, 0.4) is 0 Å². The van der Waals surface area contributed by atoms with Gasteiger partial charge in [-0.3, -0.25) is 4.72 Å². The Balaban J connectivity index is 2.46. The van der Waals surface area contributed by atoms with Crippen LogP contribution in [0, 0.1) is 13.8 Å². The fraction of sp³-hybridized carbons (Fsp3) is 0.133. The van der Waals surface area contributed by atoms with Crippen LogP contribution in [0.15, 0.2) is 41.3 Å². The van der Waals surface area contributed by atoms with Crippen LogP contribution in [0.4, 0.5) is 5.69 Å². The molecule has 0 unspecified atom stereocenters. The topological polar surface area (TPSA) is 83.5 Å². The molecular weight excluding hydrogens is 326 g/mol. The number of sulfonamides is 1. The predicted octanol–water partition coefficient (Wildman–Crippen LogP) is 3.46. The maximum Gasteiger partial charge on any atom is 0.336 e. The Bertz CT molecular complexity index is 847. The van der Waals surface area contributed by atoms with Gasteiger partial charge in [0.15, 0.2) is 0 Å². The molecule has 0 saturated carbocycles. The third-order valence-electron chi connectivity index (χ3n) is 3.19. The van der Waals surface area contributed by atoms with Crippen molar-refractivity contribution in [3.63, 3.8) is 0 Å². The van der Waals surface area contributed by atoms with Crippen LogP contribution in [0.2, 0.25) is 5.02 Å². The molecule has 0 heterocycles. The standard InChI is InChI=1S/C15H14ClNO4S/c1-9-6-7-14(12(16)8-9)22(20,21)17-13-5-3-4-11(10(13)2)15(18)19/h3-8,17H,1-2H3,(H,18,19). The fourth-order valence-corrected chi connectivity index (χ4v) is 3.72. The van der Waals surface area contributed by atoms with Crippen LogP contribution < -0.4 is 4.72 Å². The second kappa shape index (κ2) is 5.98. The van der Waals surface area contributed by atoms with Gasteiger partial charge in [0.2, 0.25) is 0 Å². The lowest BCUT2D eigenvalue weighted by Crippen LogP contribution is -2.15. The molecule has 0 fully saturated rings. The molecule has 0 radical (unpaired) electrons. The molecule has 7 heteroatoms. The first kappa shape index (κ1) is 16.3. The number of aromatic carboxylic acids is 1. The normalized spacial score (nSPS) is 11.2. The molecule has 0 saturated heterocycles. The second-order valence-corrected chi connectivity index (χ2v) is 6.88. The van der Waals surface area contributed by atoms with E-state index < -0.39 is 16.0 Å². The monoisotopic (exact) mass is 339 g/mol. The number of halogens is 1. The molecular formula is C15H14ClNO4S. The summed E-state index contributed by atoms with van der Waals surface area (Å²) >= 11 is 5.99. The van der Waals surface area contributed by atoms with E-state index in [-0.39, 0.29) is 21.2 Å². The van der Waals surface area contributed by atoms with Crippen molar-refractivity contribution in [2.75, 3.05) is 4.72 Å². The highest BCUT2D eigenvalue weighted by molar-refractivity contribution is 7.92. The van der Waals surface area contributed by atoms with Crippen LogP contribution in [0.1, 0.15) is 21.5 Å². The van der Waals surface area contributed by atoms with Gasteiger partial charge in [-0.15, -0.1) is 0 Å². The van der Waals surface area contributed by atoms with E-state index in [1.165, 1.54) is 31.2 Å². The molecule has 2 aromatic rings. The molecule has 0 atom stereocenters. The van der Waals surface area contributed by atoms with Gasteiger partial charge in [-0.25, -0.2) is 13.2 Å². The number of aryl methyl sites for hydroxylation is 1. The number of nitrogens with one attached hydrogen (secondary N) is 1. The minimum Gasteiger partial charge on any atom is -0.478 e. The van der Waals surface area contributed by atoms with Crippen LogP contribution in [0.25, 0.3) is 0 Å². The maximum atomic E-state index is 12.4. The van der Waals surface area contributed by atoms with Crippen molar-refractivity contribution in [2.24, 2.45) is 0 Å². The third-order valence-corrected chi connectivity index (χ3v) is 5.03. The van der Waals surface area contributed by atoms with Crippen molar-refractivity contribution in [2.45, 2.75) is 18.7 Å².